The number of hydrogen-bond donors (Lipinski definition) is 0. The lowest BCUT2D eigenvalue weighted by Crippen LogP contribution is -2.43. The third-order valence-electron chi connectivity index (χ3n) is 3.89. The van der Waals surface area contributed by atoms with E-state index in [9.17, 15) is 9.59 Å². The first kappa shape index (κ1) is 8.92. The van der Waals surface area contributed by atoms with Crippen LogP contribution in [0, 0.1) is 11.3 Å². The Morgan fingerprint density at radius 3 is 2.85 bits per heavy atom. The van der Waals surface area contributed by atoms with Crippen molar-refractivity contribution in [1.29, 1.82) is 0 Å². The highest BCUT2D eigenvalue weighted by molar-refractivity contribution is 5.89. The summed E-state index contributed by atoms with van der Waals surface area (Å²) < 4.78 is 0. The van der Waals surface area contributed by atoms with Crippen LogP contribution in [0.25, 0.3) is 0 Å². The predicted molar refractivity (Wildman–Crippen MR) is 49.3 cm³/mol. The highest BCUT2D eigenvalue weighted by Gasteiger charge is 2.46. The summed E-state index contributed by atoms with van der Waals surface area (Å²) in [5.74, 6) is 1.11. The van der Waals surface area contributed by atoms with Gasteiger partial charge in [-0.15, -0.1) is 0 Å². The van der Waals surface area contributed by atoms with E-state index < -0.39 is 0 Å². The third-order valence-corrected chi connectivity index (χ3v) is 3.89. The van der Waals surface area contributed by atoms with E-state index in [0.717, 1.165) is 25.7 Å². The SMILES string of the molecule is C[C@]12CCC(=O)CC1CCCC2=O. The van der Waals surface area contributed by atoms with Gasteiger partial charge < -0.3 is 0 Å². The average Bonchev–Trinajstić information content (AvgIpc) is 2.09. The van der Waals surface area contributed by atoms with Gasteiger partial charge in [0.25, 0.3) is 0 Å². The second-order valence-corrected chi connectivity index (χ2v) is 4.67. The molecule has 2 heteroatoms. The van der Waals surface area contributed by atoms with E-state index in [4.69, 9.17) is 0 Å². The lowest BCUT2D eigenvalue weighted by atomic mass is 9.60. The van der Waals surface area contributed by atoms with Gasteiger partial charge in [0.1, 0.15) is 11.6 Å². The second kappa shape index (κ2) is 2.93. The van der Waals surface area contributed by atoms with Crippen LogP contribution in [0.1, 0.15) is 45.4 Å². The molecule has 0 bridgehead atoms. The highest BCUT2D eigenvalue weighted by Crippen LogP contribution is 2.46. The van der Waals surface area contributed by atoms with Gasteiger partial charge in [-0.25, -0.2) is 0 Å². The molecule has 0 aliphatic heterocycles. The molecule has 0 amide bonds. The van der Waals surface area contributed by atoms with Crippen LogP contribution in [0.15, 0.2) is 0 Å². The standard InChI is InChI=1S/C11H16O2/c1-11-6-5-9(12)7-8(11)3-2-4-10(11)13/h8H,2-7H2,1H3/t8?,11-/m0/s1. The molecule has 2 aliphatic rings. The summed E-state index contributed by atoms with van der Waals surface area (Å²) in [6.07, 6.45) is 4.89. The van der Waals surface area contributed by atoms with E-state index in [1.807, 2.05) is 0 Å². The van der Waals surface area contributed by atoms with Gasteiger partial charge >= 0.3 is 0 Å². The molecule has 0 saturated heterocycles. The third kappa shape index (κ3) is 1.32. The Labute approximate surface area is 78.7 Å². The molecule has 2 fully saturated rings. The number of fused-ring (bicyclic) bond motifs is 1. The van der Waals surface area contributed by atoms with Crippen LogP contribution in [0.3, 0.4) is 0 Å². The molecule has 2 rings (SSSR count). The van der Waals surface area contributed by atoms with E-state index in [1.54, 1.807) is 0 Å². The molecule has 0 aromatic rings. The molecule has 0 aromatic carbocycles. The van der Waals surface area contributed by atoms with E-state index >= 15 is 0 Å². The maximum Gasteiger partial charge on any atom is 0.139 e. The van der Waals surface area contributed by atoms with Crippen molar-refractivity contribution < 1.29 is 9.59 Å². The summed E-state index contributed by atoms with van der Waals surface area (Å²) in [6.45, 7) is 2.06. The Bertz CT molecular complexity index is 257. The number of carbonyl (C=O) groups is 2. The number of carbonyl (C=O) groups excluding carboxylic acids is 2. The lowest BCUT2D eigenvalue weighted by molar-refractivity contribution is -0.140. The first-order valence-corrected chi connectivity index (χ1v) is 5.18. The minimum Gasteiger partial charge on any atom is -0.300 e. The van der Waals surface area contributed by atoms with Gasteiger partial charge in [-0.05, 0) is 25.2 Å². The summed E-state index contributed by atoms with van der Waals surface area (Å²) in [5, 5.41) is 0. The van der Waals surface area contributed by atoms with Crippen LogP contribution in [0.4, 0.5) is 0 Å². The quantitative estimate of drug-likeness (QED) is 0.572. The molecule has 0 spiro atoms. The molecule has 13 heavy (non-hydrogen) atoms. The fourth-order valence-electron chi connectivity index (χ4n) is 2.79. The van der Waals surface area contributed by atoms with Crippen LogP contribution in [-0.4, -0.2) is 11.6 Å². The number of ketones is 2. The molecule has 2 aliphatic carbocycles. The fraction of sp³-hybridized carbons (Fsp3) is 0.818. The molecule has 0 heterocycles. The highest BCUT2D eigenvalue weighted by atomic mass is 16.1. The Morgan fingerprint density at radius 1 is 1.31 bits per heavy atom. The van der Waals surface area contributed by atoms with E-state index in [-0.39, 0.29) is 5.41 Å². The Morgan fingerprint density at radius 2 is 2.08 bits per heavy atom. The molecule has 0 N–H and O–H groups in total. The smallest absolute Gasteiger partial charge is 0.139 e. The minimum atomic E-state index is -0.147. The first-order chi connectivity index (χ1) is 6.13. The van der Waals surface area contributed by atoms with E-state index in [1.165, 1.54) is 0 Å². The maximum absolute atomic E-state index is 11.7. The minimum absolute atomic E-state index is 0.147. The van der Waals surface area contributed by atoms with Crippen molar-refractivity contribution in [2.45, 2.75) is 45.4 Å². The molecule has 2 atom stereocenters. The molecule has 2 nitrogen and oxygen atoms in total. The van der Waals surface area contributed by atoms with Gasteiger partial charge in [-0.2, -0.15) is 0 Å². The largest absolute Gasteiger partial charge is 0.300 e. The van der Waals surface area contributed by atoms with Gasteiger partial charge in [0, 0.05) is 24.7 Å². The zero-order chi connectivity index (χ0) is 9.47. The van der Waals surface area contributed by atoms with Gasteiger partial charge in [0.15, 0.2) is 0 Å². The molecule has 0 aromatic heterocycles. The van der Waals surface area contributed by atoms with Crippen LogP contribution >= 0.6 is 0 Å². The lowest BCUT2D eigenvalue weighted by Gasteiger charge is -2.42. The van der Waals surface area contributed by atoms with Crippen LogP contribution in [0.5, 0.6) is 0 Å². The van der Waals surface area contributed by atoms with Crippen molar-refractivity contribution in [2.24, 2.45) is 11.3 Å². The van der Waals surface area contributed by atoms with Gasteiger partial charge in [-0.1, -0.05) is 6.92 Å². The first-order valence-electron chi connectivity index (χ1n) is 5.18. The monoisotopic (exact) mass is 180 g/mol. The van der Waals surface area contributed by atoms with Crippen LogP contribution in [0.2, 0.25) is 0 Å². The summed E-state index contributed by atoms with van der Waals surface area (Å²) in [6, 6.07) is 0. The van der Waals surface area contributed by atoms with Crippen molar-refractivity contribution >= 4 is 11.6 Å². The topological polar surface area (TPSA) is 34.1 Å². The normalized spacial score (nSPS) is 40.2. The molecule has 72 valence electrons. The number of hydrogen-bond acceptors (Lipinski definition) is 2. The van der Waals surface area contributed by atoms with Gasteiger partial charge in [0.2, 0.25) is 0 Å². The Hall–Kier alpha value is -0.660. The summed E-state index contributed by atoms with van der Waals surface area (Å²) >= 11 is 0. The second-order valence-electron chi connectivity index (χ2n) is 4.67. The predicted octanol–water partition coefficient (Wildman–Crippen LogP) is 2.11. The van der Waals surface area contributed by atoms with Crippen molar-refractivity contribution in [3.63, 3.8) is 0 Å². The molecular weight excluding hydrogens is 164 g/mol. The van der Waals surface area contributed by atoms with Crippen molar-refractivity contribution in [3.8, 4) is 0 Å². The van der Waals surface area contributed by atoms with Crippen LogP contribution in [-0.2, 0) is 9.59 Å². The zero-order valence-corrected chi connectivity index (χ0v) is 8.14. The zero-order valence-electron chi connectivity index (χ0n) is 8.14. The molecule has 0 radical (unpaired) electrons. The number of Topliss-reactive ketones (excluding diaryl/α,β-unsaturated/α-hetero) is 2. The fourth-order valence-corrected chi connectivity index (χ4v) is 2.79. The van der Waals surface area contributed by atoms with Crippen molar-refractivity contribution in [1.82, 2.24) is 0 Å². The number of rotatable bonds is 0. The van der Waals surface area contributed by atoms with E-state index in [2.05, 4.69) is 6.92 Å². The van der Waals surface area contributed by atoms with Crippen molar-refractivity contribution in [2.75, 3.05) is 0 Å². The maximum atomic E-state index is 11.7. The molecule has 2 saturated carbocycles. The molecular formula is C11H16O2. The molecule has 1 unspecified atom stereocenters. The summed E-state index contributed by atoms with van der Waals surface area (Å²) in [5.41, 5.74) is -0.147. The van der Waals surface area contributed by atoms with Crippen LogP contribution < -0.4 is 0 Å². The summed E-state index contributed by atoms with van der Waals surface area (Å²) in [4.78, 5) is 23.0. The van der Waals surface area contributed by atoms with E-state index in [0.29, 0.717) is 30.3 Å². The van der Waals surface area contributed by atoms with Gasteiger partial charge in [0.05, 0.1) is 0 Å². The Balaban J connectivity index is 2.22. The Kier molecular flexibility index (Phi) is 2.01. The van der Waals surface area contributed by atoms with Crippen molar-refractivity contribution in [3.05, 3.63) is 0 Å². The average molecular weight is 180 g/mol. The summed E-state index contributed by atoms with van der Waals surface area (Å²) in [7, 11) is 0. The van der Waals surface area contributed by atoms with Gasteiger partial charge in [-0.3, -0.25) is 9.59 Å².